The molecular formula is C70H41N3OS. The molecule has 4 nitrogen and oxygen atoms in total. The van der Waals surface area contributed by atoms with Gasteiger partial charge in [0.2, 0.25) is 0 Å². The Labute approximate surface area is 436 Å². The van der Waals surface area contributed by atoms with Crippen molar-refractivity contribution in [3.63, 3.8) is 0 Å². The second kappa shape index (κ2) is 16.2. The Morgan fingerprint density at radius 1 is 0.280 bits per heavy atom. The molecule has 2 aliphatic rings. The van der Waals surface area contributed by atoms with Crippen LogP contribution in [-0.2, 0) is 5.41 Å². The number of fused-ring (bicyclic) bond motifs is 16. The number of furan rings is 1. The van der Waals surface area contributed by atoms with E-state index >= 15 is 0 Å². The molecule has 16 rings (SSSR count). The zero-order valence-electron chi connectivity index (χ0n) is 40.3. The summed E-state index contributed by atoms with van der Waals surface area (Å²) >= 11 is 1.81. The molecule has 0 unspecified atom stereocenters. The average molecular weight is 972 g/mol. The van der Waals surface area contributed by atoms with Crippen LogP contribution in [0.15, 0.2) is 253 Å². The van der Waals surface area contributed by atoms with E-state index in [1.807, 2.05) is 18.2 Å². The Balaban J connectivity index is 0.834. The van der Waals surface area contributed by atoms with Crippen LogP contribution in [0.1, 0.15) is 22.3 Å². The van der Waals surface area contributed by atoms with Crippen molar-refractivity contribution in [2.24, 2.45) is 0 Å². The molecule has 348 valence electrons. The maximum absolute atomic E-state index is 6.67. The zero-order valence-corrected chi connectivity index (χ0v) is 41.1. The topological polar surface area (TPSA) is 51.8 Å². The number of nitrogens with zero attached hydrogens (tertiary/aromatic N) is 3. The molecule has 0 saturated carbocycles. The molecule has 75 heavy (non-hydrogen) atoms. The van der Waals surface area contributed by atoms with Crippen molar-refractivity contribution in [3.8, 4) is 89.8 Å². The highest BCUT2D eigenvalue weighted by Gasteiger charge is 2.51. The second-order valence-corrected chi connectivity index (χ2v) is 20.9. The van der Waals surface area contributed by atoms with E-state index in [1.54, 1.807) is 11.3 Å². The molecule has 0 atom stereocenters. The van der Waals surface area contributed by atoms with Gasteiger partial charge in [0.1, 0.15) is 11.2 Å². The molecule has 0 bridgehead atoms. The van der Waals surface area contributed by atoms with Crippen LogP contribution >= 0.6 is 11.3 Å². The maximum Gasteiger partial charge on any atom is 0.164 e. The van der Waals surface area contributed by atoms with Crippen LogP contribution < -0.4 is 0 Å². The Morgan fingerprint density at radius 3 is 1.49 bits per heavy atom. The van der Waals surface area contributed by atoms with Crippen LogP contribution in [0.3, 0.4) is 0 Å². The van der Waals surface area contributed by atoms with Gasteiger partial charge in [0.25, 0.3) is 0 Å². The zero-order chi connectivity index (χ0) is 49.2. The molecule has 1 spiro atoms. The molecule has 0 amide bonds. The first-order chi connectivity index (χ1) is 37.1. The second-order valence-electron chi connectivity index (χ2n) is 19.8. The molecule has 5 heteroatoms. The van der Waals surface area contributed by atoms with Crippen LogP contribution in [0.4, 0.5) is 0 Å². The first-order valence-corrected chi connectivity index (χ1v) is 26.3. The Bertz CT molecular complexity index is 4620. The summed E-state index contributed by atoms with van der Waals surface area (Å²) in [6, 6.07) is 89.9. The number of thiophene rings is 1. The standard InChI is InChI=1S/C70H41N3OS/c1-2-15-42(16-3-1)43-17-13-20-48(38-43)67-71-68(49-33-36-65-56(40-49)54-24-7-11-30-64(54)75-65)73-69(72-67)55-25-14-29-63-66(55)57-39-46(32-35-62(57)74-63)44-18-12-19-45(37-44)47-31-34-53-52-23-6-10-28-60(52)70(61(53)41-47)58-26-8-4-21-50(58)51-22-5-9-27-59(51)70/h1-41H. The predicted octanol–water partition coefficient (Wildman–Crippen LogP) is 18.5. The quantitative estimate of drug-likeness (QED) is 0.167. The fourth-order valence-corrected chi connectivity index (χ4v) is 13.5. The molecule has 0 saturated heterocycles. The third-order valence-electron chi connectivity index (χ3n) is 15.8. The lowest BCUT2D eigenvalue weighted by Gasteiger charge is -2.30. The lowest BCUT2D eigenvalue weighted by molar-refractivity contribution is 0.669. The van der Waals surface area contributed by atoms with Gasteiger partial charge in [0, 0.05) is 47.6 Å². The lowest BCUT2D eigenvalue weighted by Crippen LogP contribution is -2.25. The van der Waals surface area contributed by atoms with Crippen molar-refractivity contribution in [2.75, 3.05) is 0 Å². The Morgan fingerprint density at radius 2 is 0.760 bits per heavy atom. The molecule has 11 aromatic carbocycles. The summed E-state index contributed by atoms with van der Waals surface area (Å²) in [6.07, 6.45) is 0. The lowest BCUT2D eigenvalue weighted by atomic mass is 9.70. The fourth-order valence-electron chi connectivity index (χ4n) is 12.4. The van der Waals surface area contributed by atoms with Gasteiger partial charge < -0.3 is 4.42 Å². The van der Waals surface area contributed by atoms with Crippen LogP contribution in [-0.4, -0.2) is 15.0 Å². The summed E-state index contributed by atoms with van der Waals surface area (Å²) < 4.78 is 9.16. The number of hydrogen-bond donors (Lipinski definition) is 0. The van der Waals surface area contributed by atoms with Gasteiger partial charge in [-0.1, -0.05) is 188 Å². The van der Waals surface area contributed by atoms with E-state index in [0.29, 0.717) is 17.5 Å². The van der Waals surface area contributed by atoms with Crippen LogP contribution in [0.25, 0.3) is 132 Å². The number of aromatic nitrogens is 3. The van der Waals surface area contributed by atoms with Gasteiger partial charge in [-0.05, 0) is 139 Å². The predicted molar refractivity (Wildman–Crippen MR) is 309 cm³/mol. The SMILES string of the molecule is c1ccc(-c2cccc(-c3nc(-c4ccc5sc6ccccc6c5c4)nc(-c4cccc5oc6ccc(-c7cccc(-c8ccc9c(c8)C8(c%10ccccc%10-c%10ccccc%108)c8ccccc8-9)c7)cc6c45)n3)c2)cc1. The van der Waals surface area contributed by atoms with E-state index in [1.165, 1.54) is 70.2 Å². The van der Waals surface area contributed by atoms with Gasteiger partial charge in [0.05, 0.1) is 5.41 Å². The monoisotopic (exact) mass is 971 g/mol. The van der Waals surface area contributed by atoms with Gasteiger partial charge in [-0.3, -0.25) is 0 Å². The first kappa shape index (κ1) is 42.0. The van der Waals surface area contributed by atoms with Crippen molar-refractivity contribution in [1.29, 1.82) is 0 Å². The van der Waals surface area contributed by atoms with Gasteiger partial charge in [-0.25, -0.2) is 15.0 Å². The highest BCUT2D eigenvalue weighted by Crippen LogP contribution is 2.63. The Hall–Kier alpha value is -9.55. The van der Waals surface area contributed by atoms with E-state index in [9.17, 15) is 0 Å². The van der Waals surface area contributed by atoms with Crippen molar-refractivity contribution in [1.82, 2.24) is 15.0 Å². The maximum atomic E-state index is 6.67. The molecule has 14 aromatic rings. The normalized spacial score (nSPS) is 12.9. The third-order valence-corrected chi connectivity index (χ3v) is 16.9. The summed E-state index contributed by atoms with van der Waals surface area (Å²) in [4.78, 5) is 15.9. The largest absolute Gasteiger partial charge is 0.456 e. The van der Waals surface area contributed by atoms with Gasteiger partial charge in [0.15, 0.2) is 17.5 Å². The van der Waals surface area contributed by atoms with E-state index in [-0.39, 0.29) is 0 Å². The molecular weight excluding hydrogens is 931 g/mol. The van der Waals surface area contributed by atoms with E-state index < -0.39 is 5.41 Å². The minimum Gasteiger partial charge on any atom is -0.456 e. The van der Waals surface area contributed by atoms with E-state index in [4.69, 9.17) is 19.4 Å². The average Bonchev–Trinajstić information content (AvgIpc) is 4.42. The number of rotatable bonds is 6. The molecule has 0 N–H and O–H groups in total. The fraction of sp³-hybridized carbons (Fsp3) is 0.0143. The van der Waals surface area contributed by atoms with E-state index in [0.717, 1.165) is 66.4 Å². The molecule has 0 aliphatic heterocycles. The molecule has 0 radical (unpaired) electrons. The number of benzene rings is 11. The highest BCUT2D eigenvalue weighted by atomic mass is 32.1. The van der Waals surface area contributed by atoms with Crippen molar-refractivity contribution in [3.05, 3.63) is 271 Å². The van der Waals surface area contributed by atoms with Crippen molar-refractivity contribution in [2.45, 2.75) is 5.41 Å². The number of hydrogen-bond acceptors (Lipinski definition) is 5. The van der Waals surface area contributed by atoms with E-state index in [2.05, 4.69) is 231 Å². The first-order valence-electron chi connectivity index (χ1n) is 25.5. The highest BCUT2D eigenvalue weighted by molar-refractivity contribution is 7.25. The van der Waals surface area contributed by atoms with Gasteiger partial charge in [-0.2, -0.15) is 0 Å². The Kier molecular flexibility index (Phi) is 9.09. The summed E-state index contributed by atoms with van der Waals surface area (Å²) in [5.74, 6) is 1.80. The van der Waals surface area contributed by atoms with Gasteiger partial charge in [-0.15, -0.1) is 11.3 Å². The smallest absolute Gasteiger partial charge is 0.164 e. The minimum absolute atomic E-state index is 0.406. The van der Waals surface area contributed by atoms with Crippen molar-refractivity contribution >= 4 is 53.4 Å². The van der Waals surface area contributed by atoms with Crippen LogP contribution in [0, 0.1) is 0 Å². The van der Waals surface area contributed by atoms with Crippen LogP contribution in [0.5, 0.6) is 0 Å². The summed E-state index contributed by atoms with van der Waals surface area (Å²) in [7, 11) is 0. The minimum atomic E-state index is -0.406. The summed E-state index contributed by atoms with van der Waals surface area (Å²) in [5.41, 5.74) is 21.3. The molecule has 0 fully saturated rings. The summed E-state index contributed by atoms with van der Waals surface area (Å²) in [5, 5.41) is 4.39. The third kappa shape index (κ3) is 6.32. The molecule has 2 aliphatic carbocycles. The van der Waals surface area contributed by atoms with Gasteiger partial charge >= 0.3 is 0 Å². The van der Waals surface area contributed by atoms with Crippen LogP contribution in [0.2, 0.25) is 0 Å². The summed E-state index contributed by atoms with van der Waals surface area (Å²) in [6.45, 7) is 0. The van der Waals surface area contributed by atoms with Crippen molar-refractivity contribution < 1.29 is 4.42 Å². The molecule has 3 aromatic heterocycles. The molecule has 3 heterocycles.